The molecule has 0 aromatic rings. The highest BCUT2D eigenvalue weighted by atomic mass is 19.4. The molecule has 0 aliphatic heterocycles. The molecule has 3 unspecified atom stereocenters. The maximum Gasteiger partial charge on any atom is 0.573 e. The summed E-state index contributed by atoms with van der Waals surface area (Å²) >= 11 is 0. The van der Waals surface area contributed by atoms with E-state index in [0.29, 0.717) is 11.8 Å². The molecule has 0 aliphatic rings. The van der Waals surface area contributed by atoms with Crippen LogP contribution >= 0.6 is 0 Å². The van der Waals surface area contributed by atoms with Crippen molar-refractivity contribution in [2.24, 2.45) is 23.7 Å². The molecule has 3 atom stereocenters. The average Bonchev–Trinajstić information content (AvgIpc) is 2.45. The Morgan fingerprint density at radius 1 is 0.875 bits per heavy atom. The Hall–Kier alpha value is -1.19. The minimum absolute atomic E-state index is 0.222. The molecule has 1 nitrogen and oxygen atoms in total. The Balaban J connectivity index is 4.24. The van der Waals surface area contributed by atoms with E-state index in [2.05, 4.69) is 45.6 Å². The van der Waals surface area contributed by atoms with Crippen molar-refractivity contribution in [3.8, 4) is 0 Å². The summed E-state index contributed by atoms with van der Waals surface area (Å²) in [6.45, 7) is 18.3. The Kier molecular flexibility index (Phi) is 10.1. The van der Waals surface area contributed by atoms with E-state index in [4.69, 9.17) is 0 Å². The molecule has 24 heavy (non-hydrogen) atoms. The molecule has 0 amide bonds. The number of allylic oxidation sites excluding steroid dienone is 3. The second kappa shape index (κ2) is 10.6. The first kappa shape index (κ1) is 22.8. The lowest BCUT2D eigenvalue weighted by molar-refractivity contribution is -0.303. The van der Waals surface area contributed by atoms with Crippen LogP contribution in [0.15, 0.2) is 36.6 Å². The maximum atomic E-state index is 12.0. The predicted octanol–water partition coefficient (Wildman–Crippen LogP) is 7.27. The summed E-state index contributed by atoms with van der Waals surface area (Å²) in [7, 11) is 0. The number of alkyl halides is 3. The van der Waals surface area contributed by atoms with Gasteiger partial charge in [0, 0.05) is 0 Å². The molecule has 0 aromatic carbocycles. The fourth-order valence-electron chi connectivity index (χ4n) is 2.41. The van der Waals surface area contributed by atoms with Crippen LogP contribution in [0.5, 0.6) is 0 Å². The zero-order valence-corrected chi connectivity index (χ0v) is 15.7. The third-order valence-corrected chi connectivity index (χ3v) is 4.59. The lowest BCUT2D eigenvalue weighted by Gasteiger charge is -2.22. The minimum atomic E-state index is -4.70. The van der Waals surface area contributed by atoms with Crippen molar-refractivity contribution >= 4 is 0 Å². The van der Waals surface area contributed by atoms with Crippen molar-refractivity contribution in [1.82, 2.24) is 0 Å². The van der Waals surface area contributed by atoms with E-state index >= 15 is 0 Å². The fraction of sp³-hybridized carbons (Fsp3) is 0.700. The first-order valence-corrected chi connectivity index (χ1v) is 8.73. The van der Waals surface area contributed by atoms with E-state index in [9.17, 15) is 13.2 Å². The summed E-state index contributed by atoms with van der Waals surface area (Å²) in [5.74, 6) is 1.84. The van der Waals surface area contributed by atoms with E-state index in [1.54, 1.807) is 6.08 Å². The third kappa shape index (κ3) is 11.4. The van der Waals surface area contributed by atoms with Crippen LogP contribution < -0.4 is 0 Å². The first-order valence-electron chi connectivity index (χ1n) is 8.73. The van der Waals surface area contributed by atoms with Crippen LogP contribution in [0.2, 0.25) is 0 Å². The lowest BCUT2D eigenvalue weighted by Crippen LogP contribution is -2.12. The number of hydrogen-bond donors (Lipinski definition) is 0. The molecule has 0 rings (SSSR count). The second-order valence-corrected chi connectivity index (χ2v) is 7.33. The quantitative estimate of drug-likeness (QED) is 0.282. The molecule has 0 radical (unpaired) electrons. The summed E-state index contributed by atoms with van der Waals surface area (Å²) in [6.07, 6.45) is 2.64. The topological polar surface area (TPSA) is 9.23 Å². The lowest BCUT2D eigenvalue weighted by atomic mass is 9.83. The molecule has 4 heteroatoms. The molecule has 0 aliphatic carbocycles. The Morgan fingerprint density at radius 3 is 1.83 bits per heavy atom. The molecule has 0 bridgehead atoms. The Bertz CT molecular complexity index is 421. The highest BCUT2D eigenvalue weighted by Crippen LogP contribution is 2.27. The molecular formula is C20H33F3O. The van der Waals surface area contributed by atoms with Gasteiger partial charge in [0.25, 0.3) is 0 Å². The number of halogens is 3. The van der Waals surface area contributed by atoms with Gasteiger partial charge in [0.15, 0.2) is 0 Å². The first-order chi connectivity index (χ1) is 10.9. The second-order valence-electron chi connectivity index (χ2n) is 7.33. The molecule has 0 fully saturated rings. The van der Waals surface area contributed by atoms with E-state index in [-0.39, 0.29) is 5.92 Å². The molecule has 0 saturated carbocycles. The summed E-state index contributed by atoms with van der Waals surface area (Å²) in [4.78, 5) is 0. The smallest absolute Gasteiger partial charge is 0.406 e. The fourth-order valence-corrected chi connectivity index (χ4v) is 2.41. The van der Waals surface area contributed by atoms with Gasteiger partial charge >= 0.3 is 6.36 Å². The molecule has 0 saturated heterocycles. The largest absolute Gasteiger partial charge is 0.573 e. The van der Waals surface area contributed by atoms with Crippen molar-refractivity contribution < 1.29 is 17.9 Å². The van der Waals surface area contributed by atoms with Crippen molar-refractivity contribution in [3.63, 3.8) is 0 Å². The summed E-state index contributed by atoms with van der Waals surface area (Å²) < 4.78 is 39.9. The highest BCUT2D eigenvalue weighted by molar-refractivity contribution is 5.23. The van der Waals surface area contributed by atoms with Gasteiger partial charge < -0.3 is 4.74 Å². The highest BCUT2D eigenvalue weighted by Gasteiger charge is 2.30. The molecule has 0 heterocycles. The Labute approximate surface area is 145 Å². The van der Waals surface area contributed by atoms with Crippen LogP contribution in [-0.4, -0.2) is 6.36 Å². The summed E-state index contributed by atoms with van der Waals surface area (Å²) in [6, 6.07) is 0. The SMILES string of the molecule is C=C(/C=C\C(=C)C(C)CCC(C)C(C)CCC(C)C)OC(F)(F)F. The average molecular weight is 346 g/mol. The van der Waals surface area contributed by atoms with Gasteiger partial charge in [-0.3, -0.25) is 0 Å². The molecule has 0 aromatic heterocycles. The van der Waals surface area contributed by atoms with E-state index < -0.39 is 12.1 Å². The molecular weight excluding hydrogens is 313 g/mol. The molecule has 0 N–H and O–H groups in total. The van der Waals surface area contributed by atoms with Gasteiger partial charge in [0.1, 0.15) is 5.76 Å². The van der Waals surface area contributed by atoms with Crippen molar-refractivity contribution in [1.29, 1.82) is 0 Å². The van der Waals surface area contributed by atoms with Gasteiger partial charge in [-0.1, -0.05) is 72.3 Å². The van der Waals surface area contributed by atoms with Crippen LogP contribution in [0.1, 0.15) is 60.3 Å². The predicted molar refractivity (Wildman–Crippen MR) is 95.4 cm³/mol. The standard InChI is InChI=1S/C20H33F3O/c1-14(2)8-9-15(3)16(4)10-11-17(5)18(6)12-13-19(7)24-20(21,22)23/h12-17H,6-11H2,1-5H3/b13-12-. The number of rotatable bonds is 11. The van der Waals surface area contributed by atoms with Crippen LogP contribution in [0.25, 0.3) is 0 Å². The van der Waals surface area contributed by atoms with Crippen LogP contribution in [0.3, 0.4) is 0 Å². The number of hydrogen-bond acceptors (Lipinski definition) is 1. The third-order valence-electron chi connectivity index (χ3n) is 4.59. The zero-order valence-electron chi connectivity index (χ0n) is 15.7. The van der Waals surface area contributed by atoms with Crippen LogP contribution in [0.4, 0.5) is 13.2 Å². The van der Waals surface area contributed by atoms with Gasteiger partial charge in [0.05, 0.1) is 0 Å². The summed E-state index contributed by atoms with van der Waals surface area (Å²) in [5.41, 5.74) is 0.795. The van der Waals surface area contributed by atoms with Gasteiger partial charge in [-0.15, -0.1) is 13.2 Å². The number of ether oxygens (including phenoxy) is 1. The van der Waals surface area contributed by atoms with Gasteiger partial charge in [-0.05, 0) is 42.6 Å². The van der Waals surface area contributed by atoms with Crippen molar-refractivity contribution in [2.45, 2.75) is 66.7 Å². The molecule has 140 valence electrons. The van der Waals surface area contributed by atoms with Crippen molar-refractivity contribution in [2.75, 3.05) is 0 Å². The van der Waals surface area contributed by atoms with Crippen LogP contribution in [0, 0.1) is 23.7 Å². The Morgan fingerprint density at radius 2 is 1.38 bits per heavy atom. The van der Waals surface area contributed by atoms with E-state index in [0.717, 1.165) is 24.3 Å². The van der Waals surface area contributed by atoms with E-state index in [1.807, 2.05) is 6.92 Å². The molecule has 0 spiro atoms. The zero-order chi connectivity index (χ0) is 18.9. The van der Waals surface area contributed by atoms with Gasteiger partial charge in [-0.25, -0.2) is 0 Å². The van der Waals surface area contributed by atoms with Crippen LogP contribution in [-0.2, 0) is 4.74 Å². The van der Waals surface area contributed by atoms with Crippen molar-refractivity contribution in [3.05, 3.63) is 36.6 Å². The maximum absolute atomic E-state index is 12.0. The van der Waals surface area contributed by atoms with E-state index in [1.165, 1.54) is 18.9 Å². The minimum Gasteiger partial charge on any atom is -0.406 e. The van der Waals surface area contributed by atoms with Gasteiger partial charge in [0.2, 0.25) is 0 Å². The monoisotopic (exact) mass is 346 g/mol. The summed E-state index contributed by atoms with van der Waals surface area (Å²) in [5, 5.41) is 0. The van der Waals surface area contributed by atoms with Gasteiger partial charge in [-0.2, -0.15) is 0 Å². The normalized spacial score (nSPS) is 16.2.